The molecule has 0 unspecified atom stereocenters. The molecule has 0 N–H and O–H groups in total. The van der Waals surface area contributed by atoms with Crippen molar-refractivity contribution in [2.75, 3.05) is 0 Å². The minimum absolute atomic E-state index is 0.321. The first-order valence-corrected chi connectivity index (χ1v) is 6.99. The Morgan fingerprint density at radius 1 is 1.17 bits per heavy atom. The molecule has 1 aromatic carbocycles. The zero-order chi connectivity index (χ0) is 12.9. The largest absolute Gasteiger partial charge is 0.437 e. The van der Waals surface area contributed by atoms with Crippen LogP contribution in [0.5, 0.6) is 0 Å². The highest BCUT2D eigenvalue weighted by molar-refractivity contribution is 5.75. The highest BCUT2D eigenvalue weighted by Gasteiger charge is 2.51. The molecular weight excluding hydrogens is 222 g/mol. The third kappa shape index (κ3) is 1.58. The summed E-state index contributed by atoms with van der Waals surface area (Å²) in [6.45, 7) is 8.96. The first-order chi connectivity index (χ1) is 8.59. The molecule has 1 aliphatic heterocycles. The van der Waals surface area contributed by atoms with Crippen LogP contribution in [0.4, 0.5) is 0 Å². The molecule has 0 saturated heterocycles. The number of hydrogen-bond donors (Lipinski definition) is 0. The lowest BCUT2D eigenvalue weighted by atomic mass is 10.1. The second kappa shape index (κ2) is 4.11. The van der Waals surface area contributed by atoms with Gasteiger partial charge in [0.15, 0.2) is 12.1 Å². The van der Waals surface area contributed by atoms with Gasteiger partial charge in [-0.2, -0.15) is 4.58 Å². The Labute approximate surface area is 109 Å². The van der Waals surface area contributed by atoms with Gasteiger partial charge in [0, 0.05) is 12.0 Å². The van der Waals surface area contributed by atoms with Gasteiger partial charge in [0.05, 0.1) is 5.92 Å². The Kier molecular flexibility index (Phi) is 2.69. The van der Waals surface area contributed by atoms with Gasteiger partial charge in [-0.05, 0) is 33.3 Å². The van der Waals surface area contributed by atoms with Crippen LogP contribution in [0.15, 0.2) is 24.3 Å². The number of ether oxygens (including phenoxy) is 1. The Morgan fingerprint density at radius 2 is 1.89 bits per heavy atom. The summed E-state index contributed by atoms with van der Waals surface area (Å²) in [6.07, 6.45) is 1.38. The minimum atomic E-state index is 0.321. The second-order valence-corrected chi connectivity index (χ2v) is 6.00. The monoisotopic (exact) mass is 244 g/mol. The minimum Gasteiger partial charge on any atom is -0.437 e. The van der Waals surface area contributed by atoms with Gasteiger partial charge >= 0.3 is 5.90 Å². The average Bonchev–Trinajstić information content (AvgIpc) is 2.83. The molecular formula is C16H22NO+. The normalized spacial score (nSPS) is 25.7. The lowest BCUT2D eigenvalue weighted by Gasteiger charge is -2.12. The van der Waals surface area contributed by atoms with E-state index in [1.165, 1.54) is 17.0 Å². The van der Waals surface area contributed by atoms with Gasteiger partial charge in [0.25, 0.3) is 0 Å². The van der Waals surface area contributed by atoms with Gasteiger partial charge in [-0.15, -0.1) is 0 Å². The van der Waals surface area contributed by atoms with Crippen LogP contribution >= 0.6 is 0 Å². The van der Waals surface area contributed by atoms with Gasteiger partial charge in [-0.25, -0.2) is 0 Å². The summed E-state index contributed by atoms with van der Waals surface area (Å²) in [6, 6.07) is 9.70. The molecule has 0 radical (unpaired) electrons. The van der Waals surface area contributed by atoms with Crippen LogP contribution < -0.4 is 0 Å². The molecule has 0 saturated carbocycles. The number of benzene rings is 1. The van der Waals surface area contributed by atoms with Crippen molar-refractivity contribution in [2.24, 2.45) is 5.92 Å². The summed E-state index contributed by atoms with van der Waals surface area (Å²) in [5.41, 5.74) is 2.92. The highest BCUT2D eigenvalue weighted by atomic mass is 16.5. The number of nitrogens with zero attached hydrogens (tertiary/aromatic N) is 1. The molecule has 1 aromatic rings. The van der Waals surface area contributed by atoms with E-state index >= 15 is 0 Å². The fraction of sp³-hybridized carbons (Fsp3) is 0.562. The number of hydrogen-bond acceptors (Lipinski definition) is 1. The molecule has 2 atom stereocenters. The number of rotatable bonds is 2. The third-order valence-electron chi connectivity index (χ3n) is 4.02. The smallest absolute Gasteiger partial charge is 0.340 e. The fourth-order valence-corrected chi connectivity index (χ4v) is 3.34. The zero-order valence-corrected chi connectivity index (χ0v) is 11.7. The lowest BCUT2D eigenvalue weighted by Crippen LogP contribution is -2.29. The van der Waals surface area contributed by atoms with E-state index in [4.69, 9.17) is 4.74 Å². The van der Waals surface area contributed by atoms with Crippen LogP contribution in [0.25, 0.3) is 0 Å². The molecule has 96 valence electrons. The second-order valence-electron chi connectivity index (χ2n) is 6.00. The predicted molar refractivity (Wildman–Crippen MR) is 73.0 cm³/mol. The van der Waals surface area contributed by atoms with E-state index in [0.717, 1.165) is 6.42 Å². The Bertz CT molecular complexity index is 502. The van der Waals surface area contributed by atoms with E-state index in [2.05, 4.69) is 56.5 Å². The van der Waals surface area contributed by atoms with E-state index in [9.17, 15) is 0 Å². The van der Waals surface area contributed by atoms with Gasteiger partial charge in [-0.3, -0.25) is 0 Å². The van der Waals surface area contributed by atoms with Crippen LogP contribution in [0.2, 0.25) is 0 Å². The Morgan fingerprint density at radius 3 is 2.56 bits per heavy atom. The molecule has 2 nitrogen and oxygen atoms in total. The summed E-state index contributed by atoms with van der Waals surface area (Å²) in [5.74, 6) is 1.64. The molecule has 0 fully saturated rings. The van der Waals surface area contributed by atoms with Crippen molar-refractivity contribution in [1.82, 2.24) is 0 Å². The van der Waals surface area contributed by atoms with Crippen LogP contribution in [0, 0.1) is 5.92 Å². The molecule has 3 rings (SSSR count). The first-order valence-electron chi connectivity index (χ1n) is 6.99. The van der Waals surface area contributed by atoms with E-state index in [0.29, 0.717) is 24.1 Å². The lowest BCUT2D eigenvalue weighted by molar-refractivity contribution is -0.595. The molecule has 0 bridgehead atoms. The van der Waals surface area contributed by atoms with Crippen LogP contribution in [0.1, 0.15) is 44.9 Å². The van der Waals surface area contributed by atoms with Crippen LogP contribution in [-0.2, 0) is 11.2 Å². The van der Waals surface area contributed by atoms with Gasteiger partial charge < -0.3 is 4.74 Å². The van der Waals surface area contributed by atoms with Crippen molar-refractivity contribution in [2.45, 2.75) is 52.3 Å². The van der Waals surface area contributed by atoms with Crippen molar-refractivity contribution >= 4 is 5.90 Å². The quantitative estimate of drug-likeness (QED) is 0.728. The molecule has 1 aliphatic carbocycles. The molecule has 0 aromatic heterocycles. The van der Waals surface area contributed by atoms with E-state index < -0.39 is 0 Å². The van der Waals surface area contributed by atoms with E-state index in [-0.39, 0.29) is 0 Å². The van der Waals surface area contributed by atoms with Gasteiger partial charge in [0.1, 0.15) is 0 Å². The van der Waals surface area contributed by atoms with Gasteiger partial charge in [0.2, 0.25) is 6.04 Å². The SMILES string of the molecule is CC(C)C1=[N+](C(C)C)[C@@H]2c3ccccc3C[C@@H]2O1. The predicted octanol–water partition coefficient (Wildman–Crippen LogP) is 3.16. The van der Waals surface area contributed by atoms with Crippen molar-refractivity contribution < 1.29 is 9.31 Å². The van der Waals surface area contributed by atoms with Crippen molar-refractivity contribution in [3.8, 4) is 0 Å². The van der Waals surface area contributed by atoms with Crippen LogP contribution in [0.3, 0.4) is 0 Å². The van der Waals surface area contributed by atoms with Crippen molar-refractivity contribution in [3.05, 3.63) is 35.4 Å². The maximum absolute atomic E-state index is 6.25. The highest BCUT2D eigenvalue weighted by Crippen LogP contribution is 2.41. The first kappa shape index (κ1) is 11.8. The summed E-state index contributed by atoms with van der Waals surface area (Å²) in [5, 5.41) is 0. The Balaban J connectivity index is 2.09. The standard InChI is InChI=1S/C16H22NO/c1-10(2)16-17(11(3)4)15-13-8-6-5-7-12(13)9-14(15)18-16/h5-8,10-11,14-15H,9H2,1-4H3/q+1/t14-,15+/m0/s1. The summed E-state index contributed by atoms with van der Waals surface area (Å²) >= 11 is 0. The van der Waals surface area contributed by atoms with Gasteiger partial charge in [-0.1, -0.05) is 24.3 Å². The molecule has 0 spiro atoms. The van der Waals surface area contributed by atoms with E-state index in [1.807, 2.05) is 0 Å². The molecule has 1 heterocycles. The fourth-order valence-electron chi connectivity index (χ4n) is 3.34. The maximum Gasteiger partial charge on any atom is 0.340 e. The topological polar surface area (TPSA) is 12.2 Å². The van der Waals surface area contributed by atoms with Crippen molar-refractivity contribution in [3.63, 3.8) is 0 Å². The summed E-state index contributed by atoms with van der Waals surface area (Å²) < 4.78 is 8.73. The number of fused-ring (bicyclic) bond motifs is 3. The van der Waals surface area contributed by atoms with Crippen molar-refractivity contribution in [1.29, 1.82) is 0 Å². The third-order valence-corrected chi connectivity index (χ3v) is 4.02. The van der Waals surface area contributed by atoms with E-state index in [1.54, 1.807) is 0 Å². The molecule has 18 heavy (non-hydrogen) atoms. The summed E-state index contributed by atoms with van der Waals surface area (Å²) in [4.78, 5) is 0. The summed E-state index contributed by atoms with van der Waals surface area (Å²) in [7, 11) is 0. The molecule has 2 aliphatic rings. The molecule has 2 heteroatoms. The average molecular weight is 244 g/mol. The maximum atomic E-state index is 6.25. The van der Waals surface area contributed by atoms with Crippen LogP contribution in [-0.4, -0.2) is 22.6 Å². The molecule has 0 amide bonds. The Hall–Kier alpha value is -1.31. The zero-order valence-electron chi connectivity index (χ0n) is 11.7.